The molecule has 5 rings (SSSR count). The number of fused-ring (bicyclic) bond motifs is 4. The number of aliphatic hydroxyl groups excluding tert-OH is 1. The Labute approximate surface area is 204 Å². The van der Waals surface area contributed by atoms with Crippen molar-refractivity contribution in [3.8, 4) is 23.3 Å². The summed E-state index contributed by atoms with van der Waals surface area (Å²) in [4.78, 5) is 14.0. The molecule has 0 unspecified atom stereocenters. The van der Waals surface area contributed by atoms with Crippen LogP contribution in [-0.4, -0.2) is 42.3 Å². The molecule has 3 aromatic rings. The minimum absolute atomic E-state index is 0.0531. The first-order valence-corrected chi connectivity index (χ1v) is 11.8. The highest BCUT2D eigenvalue weighted by Gasteiger charge is 2.46. The number of aromatic nitrogens is 1. The Morgan fingerprint density at radius 2 is 1.97 bits per heavy atom. The van der Waals surface area contributed by atoms with Crippen molar-refractivity contribution in [3.05, 3.63) is 76.6 Å². The standard InChI is InChI=1S/C28H29N3O4/c1-27(2,17-32)21-9-8-18(14-24(21)34-3)25(33)20-15-19(16-29)31-22-6-4-5-7-23(22)35-28(26(20)31)10-12-30-13-11-28/h4-9,14-15,30,32H,10-13,17H2,1-3H3. The molecule has 1 saturated heterocycles. The van der Waals surface area contributed by atoms with E-state index in [1.165, 1.54) is 0 Å². The van der Waals surface area contributed by atoms with Crippen molar-refractivity contribution in [2.45, 2.75) is 37.7 Å². The van der Waals surface area contributed by atoms with Crippen molar-refractivity contribution in [1.82, 2.24) is 9.88 Å². The molecule has 0 saturated carbocycles. The molecule has 1 spiro atoms. The molecule has 3 heterocycles. The van der Waals surface area contributed by atoms with Crippen LogP contribution in [0, 0.1) is 11.3 Å². The number of carbonyl (C=O) groups excluding carboxylic acids is 1. The molecule has 0 aliphatic carbocycles. The second-order valence-electron chi connectivity index (χ2n) is 9.84. The van der Waals surface area contributed by atoms with Crippen molar-refractivity contribution in [2.75, 3.05) is 26.8 Å². The Balaban J connectivity index is 1.70. The van der Waals surface area contributed by atoms with E-state index in [1.807, 2.05) is 48.7 Å². The van der Waals surface area contributed by atoms with Crippen LogP contribution in [0.5, 0.6) is 11.5 Å². The Morgan fingerprint density at radius 3 is 2.66 bits per heavy atom. The van der Waals surface area contributed by atoms with Crippen LogP contribution < -0.4 is 14.8 Å². The monoisotopic (exact) mass is 471 g/mol. The van der Waals surface area contributed by atoms with Crippen molar-refractivity contribution in [2.24, 2.45) is 0 Å². The average molecular weight is 472 g/mol. The normalized spacial score (nSPS) is 16.1. The smallest absolute Gasteiger partial charge is 0.195 e. The van der Waals surface area contributed by atoms with Gasteiger partial charge >= 0.3 is 0 Å². The molecule has 0 amide bonds. The minimum Gasteiger partial charge on any atom is -0.496 e. The first kappa shape index (κ1) is 23.2. The fraction of sp³-hybridized carbons (Fsp3) is 0.357. The largest absolute Gasteiger partial charge is 0.496 e. The number of aliphatic hydroxyl groups is 1. The van der Waals surface area contributed by atoms with E-state index in [0.29, 0.717) is 41.2 Å². The maximum absolute atomic E-state index is 14.0. The molecule has 2 N–H and O–H groups in total. The van der Waals surface area contributed by atoms with Gasteiger partial charge in [-0.1, -0.05) is 38.1 Å². The third-order valence-corrected chi connectivity index (χ3v) is 7.20. The van der Waals surface area contributed by atoms with Gasteiger partial charge in [0.15, 0.2) is 11.4 Å². The predicted molar refractivity (Wildman–Crippen MR) is 131 cm³/mol. The summed E-state index contributed by atoms with van der Waals surface area (Å²) in [5, 5.41) is 23.2. The van der Waals surface area contributed by atoms with E-state index in [0.717, 1.165) is 30.0 Å². The van der Waals surface area contributed by atoms with Crippen LogP contribution in [-0.2, 0) is 11.0 Å². The lowest BCUT2D eigenvalue weighted by molar-refractivity contribution is 0.0193. The molecule has 2 aliphatic heterocycles. The van der Waals surface area contributed by atoms with Crippen molar-refractivity contribution in [1.29, 1.82) is 5.26 Å². The Hall–Kier alpha value is -3.60. The number of methoxy groups -OCH3 is 1. The summed E-state index contributed by atoms with van der Waals surface area (Å²) in [6.45, 7) is 5.29. The number of nitrogens with one attached hydrogen (secondary N) is 1. The Bertz CT molecular complexity index is 1340. The van der Waals surface area contributed by atoms with E-state index in [2.05, 4.69) is 11.4 Å². The van der Waals surface area contributed by atoms with Crippen LogP contribution in [0.4, 0.5) is 0 Å². The number of ether oxygens (including phenoxy) is 2. The number of benzene rings is 2. The van der Waals surface area contributed by atoms with E-state index in [4.69, 9.17) is 9.47 Å². The number of carbonyl (C=O) groups is 1. The maximum atomic E-state index is 14.0. The molecule has 7 heteroatoms. The number of hydrogen-bond acceptors (Lipinski definition) is 6. The van der Waals surface area contributed by atoms with Gasteiger partial charge in [0.25, 0.3) is 0 Å². The first-order chi connectivity index (χ1) is 16.8. The SMILES string of the molecule is COc1cc(C(=O)c2cc(C#N)n3c2C2(CCNCC2)Oc2ccccc2-3)ccc1C(C)(C)CO. The van der Waals surface area contributed by atoms with Gasteiger partial charge in [0, 0.05) is 34.9 Å². The minimum atomic E-state index is -0.706. The molecule has 2 aliphatic rings. The number of piperidine rings is 1. The van der Waals surface area contributed by atoms with Gasteiger partial charge in [-0.25, -0.2) is 0 Å². The predicted octanol–water partition coefficient (Wildman–Crippen LogP) is 3.83. The summed E-state index contributed by atoms with van der Waals surface area (Å²) in [6, 6.07) is 16.9. The van der Waals surface area contributed by atoms with Crippen LogP contribution in [0.25, 0.3) is 5.69 Å². The average Bonchev–Trinajstić information content (AvgIpc) is 3.29. The number of hydrogen-bond donors (Lipinski definition) is 2. The topological polar surface area (TPSA) is 96.5 Å². The zero-order chi connectivity index (χ0) is 24.8. The fourth-order valence-corrected chi connectivity index (χ4v) is 5.25. The van der Waals surface area contributed by atoms with Crippen molar-refractivity contribution < 1.29 is 19.4 Å². The molecule has 180 valence electrons. The third-order valence-electron chi connectivity index (χ3n) is 7.20. The lowest BCUT2D eigenvalue weighted by Gasteiger charge is -2.43. The van der Waals surface area contributed by atoms with Gasteiger partial charge < -0.3 is 19.9 Å². The van der Waals surface area contributed by atoms with Gasteiger partial charge in [0.2, 0.25) is 0 Å². The third kappa shape index (κ3) is 3.61. The van der Waals surface area contributed by atoms with Gasteiger partial charge in [-0.3, -0.25) is 9.36 Å². The summed E-state index contributed by atoms with van der Waals surface area (Å²) in [5.74, 6) is 1.06. The second-order valence-corrected chi connectivity index (χ2v) is 9.84. The molecule has 7 nitrogen and oxygen atoms in total. The molecule has 2 aromatic carbocycles. The van der Waals surface area contributed by atoms with Crippen LogP contribution in [0.2, 0.25) is 0 Å². The summed E-state index contributed by atoms with van der Waals surface area (Å²) in [5.41, 5.74) is 2.42. The van der Waals surface area contributed by atoms with Crippen LogP contribution in [0.15, 0.2) is 48.5 Å². The van der Waals surface area contributed by atoms with Gasteiger partial charge in [0.1, 0.15) is 23.3 Å². The number of nitriles is 1. The molecule has 1 aromatic heterocycles. The van der Waals surface area contributed by atoms with E-state index in [1.54, 1.807) is 25.3 Å². The van der Waals surface area contributed by atoms with E-state index in [9.17, 15) is 15.2 Å². The van der Waals surface area contributed by atoms with Gasteiger partial charge in [0.05, 0.1) is 25.1 Å². The lowest BCUT2D eigenvalue weighted by atomic mass is 9.82. The summed E-state index contributed by atoms with van der Waals surface area (Å²) < 4.78 is 14.1. The summed E-state index contributed by atoms with van der Waals surface area (Å²) in [6.07, 6.45) is 1.37. The molecule has 0 atom stereocenters. The van der Waals surface area contributed by atoms with Gasteiger partial charge in [-0.05, 0) is 37.4 Å². The molecule has 0 bridgehead atoms. The number of rotatable bonds is 5. The quantitative estimate of drug-likeness (QED) is 0.549. The van der Waals surface area contributed by atoms with Gasteiger partial charge in [-0.15, -0.1) is 0 Å². The van der Waals surface area contributed by atoms with Crippen molar-refractivity contribution in [3.63, 3.8) is 0 Å². The second kappa shape index (κ2) is 8.56. The van der Waals surface area contributed by atoms with Crippen LogP contribution >= 0.6 is 0 Å². The van der Waals surface area contributed by atoms with Crippen LogP contribution in [0.3, 0.4) is 0 Å². The Kier molecular flexibility index (Phi) is 5.66. The van der Waals surface area contributed by atoms with Crippen LogP contribution in [0.1, 0.15) is 59.6 Å². The highest BCUT2D eigenvalue weighted by atomic mass is 16.5. The molecule has 1 fully saturated rings. The number of nitrogens with zero attached hydrogens (tertiary/aromatic N) is 2. The van der Waals surface area contributed by atoms with E-state index >= 15 is 0 Å². The summed E-state index contributed by atoms with van der Waals surface area (Å²) >= 11 is 0. The number of para-hydroxylation sites is 2. The van der Waals surface area contributed by atoms with Crippen molar-refractivity contribution >= 4 is 5.78 Å². The number of ketones is 1. The maximum Gasteiger partial charge on any atom is 0.195 e. The van der Waals surface area contributed by atoms with Gasteiger partial charge in [-0.2, -0.15) is 5.26 Å². The van der Waals surface area contributed by atoms with E-state index in [-0.39, 0.29) is 12.4 Å². The zero-order valence-corrected chi connectivity index (χ0v) is 20.2. The van der Waals surface area contributed by atoms with E-state index < -0.39 is 11.0 Å². The molecule has 35 heavy (non-hydrogen) atoms. The highest BCUT2D eigenvalue weighted by molar-refractivity contribution is 6.10. The zero-order valence-electron chi connectivity index (χ0n) is 20.2. The first-order valence-electron chi connectivity index (χ1n) is 11.8. The molecular weight excluding hydrogens is 442 g/mol. The molecule has 0 radical (unpaired) electrons. The summed E-state index contributed by atoms with van der Waals surface area (Å²) in [7, 11) is 1.56. The highest BCUT2D eigenvalue weighted by Crippen LogP contribution is 2.47. The fourth-order valence-electron chi connectivity index (χ4n) is 5.25. The Morgan fingerprint density at radius 1 is 1.23 bits per heavy atom. The molecular formula is C28H29N3O4. The lowest BCUT2D eigenvalue weighted by Crippen LogP contribution is -2.47.